The van der Waals surface area contributed by atoms with Crippen molar-refractivity contribution in [3.63, 3.8) is 0 Å². The first kappa shape index (κ1) is 5.23. The van der Waals surface area contributed by atoms with Gasteiger partial charge in [-0.15, -0.1) is 0 Å². The maximum Gasteiger partial charge on any atom is 0.0943 e. The quantitative estimate of drug-likeness (QED) is 0.414. The van der Waals surface area contributed by atoms with Crippen molar-refractivity contribution in [3.05, 3.63) is 42.9 Å². The van der Waals surface area contributed by atoms with Crippen LogP contribution in [-0.4, -0.2) is 0 Å². The van der Waals surface area contributed by atoms with E-state index in [1.54, 1.807) is 0 Å². The Bertz CT molecular complexity index is 138. The fourth-order valence-corrected chi connectivity index (χ4v) is 0.622. The molecule has 1 rings (SSSR count). The van der Waals surface area contributed by atoms with Crippen LogP contribution in [0.15, 0.2) is 36.5 Å². The summed E-state index contributed by atoms with van der Waals surface area (Å²) in [5.41, 5.74) is 1.18. The fraction of sp³-hybridized carbons (Fsp3) is 0.125. The molecule has 0 saturated carbocycles. The van der Waals surface area contributed by atoms with E-state index in [1.165, 1.54) is 5.57 Å². The molecule has 0 spiro atoms. The molecule has 0 nitrogen and oxygen atoms in total. The molecule has 0 atom stereocenters. The van der Waals surface area contributed by atoms with E-state index in [1.807, 2.05) is 24.3 Å². The number of allylic oxidation sites excluding steroid dienone is 5. The largest absolute Gasteiger partial charge is 0.0943 e. The van der Waals surface area contributed by atoms with E-state index in [9.17, 15) is 0 Å². The minimum absolute atomic E-state index is 0.993. The second-order valence-electron chi connectivity index (χ2n) is 1.84. The predicted molar refractivity (Wildman–Crippen MR) is 36.3 cm³/mol. The van der Waals surface area contributed by atoms with E-state index in [4.69, 9.17) is 0 Å². The first-order chi connectivity index (χ1) is 3.89. The van der Waals surface area contributed by atoms with Crippen molar-refractivity contribution in [3.8, 4) is 0 Å². The molecule has 0 aromatic heterocycles. The third kappa shape index (κ3) is 1.30. The van der Waals surface area contributed by atoms with Gasteiger partial charge in [0.2, 0.25) is 0 Å². The molecule has 0 bridgehead atoms. The van der Waals surface area contributed by atoms with Crippen LogP contribution >= 0.6 is 0 Å². The van der Waals surface area contributed by atoms with Crippen LogP contribution in [0.5, 0.6) is 0 Å². The van der Waals surface area contributed by atoms with Gasteiger partial charge in [-0.05, 0) is 11.6 Å². The molecule has 0 radical (unpaired) electrons. The summed E-state index contributed by atoms with van der Waals surface area (Å²) in [4.78, 5) is 0. The molecular weight excluding hydrogens is 96.1 g/mol. The summed E-state index contributed by atoms with van der Waals surface area (Å²) < 4.78 is 0. The molecule has 0 aliphatic heterocycles. The Morgan fingerprint density at radius 1 is 1.50 bits per heavy atom. The molecule has 1 aliphatic rings. The number of rotatable bonds is 0. The number of hydrogen-bond acceptors (Lipinski definition) is 0. The average molecular weight is 105 g/mol. The number of hydrogen-bond donors (Lipinski definition) is 0. The van der Waals surface area contributed by atoms with Gasteiger partial charge >= 0.3 is 0 Å². The Hall–Kier alpha value is -0.910. The van der Waals surface area contributed by atoms with E-state index in [0.29, 0.717) is 0 Å². The van der Waals surface area contributed by atoms with Gasteiger partial charge in [0.1, 0.15) is 0 Å². The molecule has 0 unspecified atom stereocenters. The lowest BCUT2D eigenvalue weighted by Gasteiger charge is -1.83. The molecule has 0 N–H and O–H groups in total. The van der Waals surface area contributed by atoms with Gasteiger partial charge in [-0.3, -0.25) is 0 Å². The monoisotopic (exact) mass is 105 g/mol. The highest BCUT2D eigenvalue weighted by molar-refractivity contribution is 5.26. The highest BCUT2D eigenvalue weighted by atomic mass is 13.9. The van der Waals surface area contributed by atoms with E-state index >= 15 is 0 Å². The Morgan fingerprint density at radius 3 is 3.25 bits per heavy atom. The summed E-state index contributed by atoms with van der Waals surface area (Å²) >= 11 is 0. The van der Waals surface area contributed by atoms with Crippen LogP contribution in [0.4, 0.5) is 0 Å². The van der Waals surface area contributed by atoms with Crippen molar-refractivity contribution in [2.24, 2.45) is 0 Å². The van der Waals surface area contributed by atoms with E-state index in [0.717, 1.165) is 6.42 Å². The second-order valence-corrected chi connectivity index (χ2v) is 1.84. The molecule has 0 heteroatoms. The minimum atomic E-state index is 0.993. The third-order valence-corrected chi connectivity index (χ3v) is 1.07. The smallest absolute Gasteiger partial charge is 0.0936 e. The van der Waals surface area contributed by atoms with Gasteiger partial charge in [0.05, 0.1) is 18.6 Å². The third-order valence-electron chi connectivity index (χ3n) is 1.07. The Labute approximate surface area is 50.2 Å². The molecule has 0 aromatic carbocycles. The van der Waals surface area contributed by atoms with Crippen LogP contribution in [0, 0.1) is 6.42 Å². The topological polar surface area (TPSA) is 0 Å². The van der Waals surface area contributed by atoms with Crippen LogP contribution in [-0.2, 0) is 0 Å². The lowest BCUT2D eigenvalue weighted by Crippen LogP contribution is -1.70. The van der Waals surface area contributed by atoms with Crippen molar-refractivity contribution < 1.29 is 0 Å². The molecule has 0 amide bonds. The van der Waals surface area contributed by atoms with Gasteiger partial charge in [-0.25, -0.2) is 0 Å². The van der Waals surface area contributed by atoms with Gasteiger partial charge in [-0.2, -0.15) is 0 Å². The normalized spacial score (nSPS) is 17.8. The second kappa shape index (κ2) is 2.41. The summed E-state index contributed by atoms with van der Waals surface area (Å²) in [5, 5.41) is 0. The van der Waals surface area contributed by atoms with Crippen molar-refractivity contribution in [1.29, 1.82) is 0 Å². The first-order valence-corrected chi connectivity index (χ1v) is 2.74. The van der Waals surface area contributed by atoms with Gasteiger partial charge in [0.15, 0.2) is 0 Å². The summed E-state index contributed by atoms with van der Waals surface area (Å²) in [5.74, 6) is 0. The summed E-state index contributed by atoms with van der Waals surface area (Å²) in [6.45, 7) is 3.82. The van der Waals surface area contributed by atoms with Gasteiger partial charge in [0, 0.05) is 12.5 Å². The van der Waals surface area contributed by atoms with Crippen molar-refractivity contribution in [1.82, 2.24) is 0 Å². The van der Waals surface area contributed by atoms with Crippen LogP contribution < -0.4 is 0 Å². The molecule has 40 valence electrons. The van der Waals surface area contributed by atoms with Crippen LogP contribution in [0.2, 0.25) is 0 Å². The Kier molecular flexibility index (Phi) is 1.58. The van der Waals surface area contributed by atoms with E-state index < -0.39 is 0 Å². The minimum Gasteiger partial charge on any atom is -0.0936 e. The highest BCUT2D eigenvalue weighted by Crippen LogP contribution is 2.06. The highest BCUT2D eigenvalue weighted by Gasteiger charge is 1.94. The maximum atomic E-state index is 3.82. The zero-order valence-corrected chi connectivity index (χ0v) is 4.80. The molecule has 0 saturated heterocycles. The van der Waals surface area contributed by atoms with Gasteiger partial charge < -0.3 is 0 Å². The zero-order chi connectivity index (χ0) is 5.82. The molecule has 1 aliphatic carbocycles. The van der Waals surface area contributed by atoms with Crippen LogP contribution in [0.1, 0.15) is 6.42 Å². The standard InChI is InChI=1S/C8H9/c1-8-6-4-2-3-5-7-8/h2-6H,1,7H2/q+1. The summed E-state index contributed by atoms with van der Waals surface area (Å²) in [6.07, 6.45) is 11.2. The van der Waals surface area contributed by atoms with Gasteiger partial charge in [-0.1, -0.05) is 6.58 Å². The SMILES string of the molecule is C=C1C=CC=C[CH+]C1. The van der Waals surface area contributed by atoms with Gasteiger partial charge in [0.25, 0.3) is 0 Å². The van der Waals surface area contributed by atoms with Crippen LogP contribution in [0.25, 0.3) is 0 Å². The Morgan fingerprint density at radius 2 is 2.38 bits per heavy atom. The zero-order valence-electron chi connectivity index (χ0n) is 4.80. The van der Waals surface area contributed by atoms with Crippen LogP contribution in [0.3, 0.4) is 0 Å². The molecule has 0 heterocycles. The first-order valence-electron chi connectivity index (χ1n) is 2.74. The fourth-order valence-electron chi connectivity index (χ4n) is 0.622. The lowest BCUT2D eigenvalue weighted by molar-refractivity contribution is 1.23. The van der Waals surface area contributed by atoms with E-state index in [-0.39, 0.29) is 0 Å². The average Bonchev–Trinajstić information content (AvgIpc) is 1.94. The molecular formula is C8H9+. The van der Waals surface area contributed by atoms with Crippen molar-refractivity contribution in [2.75, 3.05) is 0 Å². The Balaban J connectivity index is 2.58. The lowest BCUT2D eigenvalue weighted by atomic mass is 10.2. The summed E-state index contributed by atoms with van der Waals surface area (Å²) in [6, 6.07) is 0. The molecule has 8 heavy (non-hydrogen) atoms. The van der Waals surface area contributed by atoms with E-state index in [2.05, 4.69) is 13.0 Å². The molecule has 0 aromatic rings. The summed E-state index contributed by atoms with van der Waals surface area (Å²) in [7, 11) is 0. The predicted octanol–water partition coefficient (Wildman–Crippen LogP) is 2.26. The maximum absolute atomic E-state index is 3.82. The van der Waals surface area contributed by atoms with Crippen molar-refractivity contribution in [2.45, 2.75) is 6.42 Å². The molecule has 0 fully saturated rings. The van der Waals surface area contributed by atoms with Crippen molar-refractivity contribution >= 4 is 0 Å².